The molecule has 0 atom stereocenters. The first-order valence-electron chi connectivity index (χ1n) is 8.71. The molecule has 0 aliphatic heterocycles. The number of non-ortho nitro benzene ring substituents is 1. The summed E-state index contributed by atoms with van der Waals surface area (Å²) < 4.78 is 6.38. The summed E-state index contributed by atoms with van der Waals surface area (Å²) in [6.45, 7) is 4.61. The second kappa shape index (κ2) is 7.35. The van der Waals surface area contributed by atoms with Gasteiger partial charge in [0.25, 0.3) is 5.69 Å². The third kappa shape index (κ3) is 3.70. The zero-order chi connectivity index (χ0) is 19.7. The molecular formula is C19H17N5O3S. The molecule has 0 radical (unpaired) electrons. The maximum atomic E-state index is 10.9. The van der Waals surface area contributed by atoms with Gasteiger partial charge in [-0.05, 0) is 18.2 Å². The zero-order valence-corrected chi connectivity index (χ0v) is 16.1. The highest BCUT2D eigenvalue weighted by molar-refractivity contribution is 7.18. The summed E-state index contributed by atoms with van der Waals surface area (Å²) in [6, 6.07) is 12.2. The van der Waals surface area contributed by atoms with Crippen molar-refractivity contribution in [1.82, 2.24) is 15.1 Å². The topological polar surface area (TPSA) is 107 Å². The van der Waals surface area contributed by atoms with Gasteiger partial charge in [0.15, 0.2) is 0 Å². The van der Waals surface area contributed by atoms with Crippen molar-refractivity contribution in [2.45, 2.75) is 26.3 Å². The summed E-state index contributed by atoms with van der Waals surface area (Å²) in [4.78, 5) is 19.4. The highest BCUT2D eigenvalue weighted by Gasteiger charge is 2.13. The van der Waals surface area contributed by atoms with Crippen molar-refractivity contribution in [1.29, 1.82) is 0 Å². The Morgan fingerprint density at radius 3 is 2.86 bits per heavy atom. The number of fused-ring (bicyclic) bond motifs is 1. The van der Waals surface area contributed by atoms with Crippen LogP contribution in [0, 0.1) is 10.1 Å². The average molecular weight is 395 g/mol. The van der Waals surface area contributed by atoms with Gasteiger partial charge in [-0.1, -0.05) is 31.1 Å². The van der Waals surface area contributed by atoms with E-state index in [-0.39, 0.29) is 5.69 Å². The van der Waals surface area contributed by atoms with Crippen molar-refractivity contribution >= 4 is 32.9 Å². The van der Waals surface area contributed by atoms with E-state index in [1.807, 2.05) is 12.1 Å². The average Bonchev–Trinajstić information content (AvgIpc) is 3.33. The van der Waals surface area contributed by atoms with Gasteiger partial charge in [0, 0.05) is 29.3 Å². The minimum Gasteiger partial charge on any atom is -0.376 e. The number of aromatic nitrogens is 3. The fourth-order valence-corrected chi connectivity index (χ4v) is 3.69. The third-order valence-corrected chi connectivity index (χ3v) is 5.44. The number of hydrogen-bond acceptors (Lipinski definition) is 8. The lowest BCUT2D eigenvalue weighted by molar-refractivity contribution is -0.384. The van der Waals surface area contributed by atoms with E-state index in [1.54, 1.807) is 23.5 Å². The lowest BCUT2D eigenvalue weighted by atomic mass is 10.2. The lowest BCUT2D eigenvalue weighted by Crippen LogP contribution is -1.99. The fraction of sp³-hybridized carbons (Fsp3) is 0.211. The van der Waals surface area contributed by atoms with E-state index in [4.69, 9.17) is 4.52 Å². The minimum absolute atomic E-state index is 0.0133. The number of hydrogen-bond donors (Lipinski definition) is 1. The van der Waals surface area contributed by atoms with Crippen LogP contribution in [0.3, 0.4) is 0 Å². The second-order valence-corrected chi connectivity index (χ2v) is 7.62. The number of thiazole rings is 1. The number of nitro groups is 1. The Kier molecular flexibility index (Phi) is 4.74. The Balaban J connectivity index is 1.48. The molecule has 0 aliphatic rings. The van der Waals surface area contributed by atoms with E-state index in [9.17, 15) is 10.1 Å². The van der Waals surface area contributed by atoms with Crippen LogP contribution in [0.2, 0.25) is 0 Å². The number of nitrogens with one attached hydrogen (secondary N) is 1. The van der Waals surface area contributed by atoms with Crippen LogP contribution in [0.25, 0.3) is 21.6 Å². The Labute approximate surface area is 164 Å². The number of benzene rings is 2. The molecule has 0 bridgehead atoms. The van der Waals surface area contributed by atoms with Gasteiger partial charge < -0.3 is 9.84 Å². The van der Waals surface area contributed by atoms with Crippen LogP contribution in [-0.2, 0) is 6.54 Å². The zero-order valence-electron chi connectivity index (χ0n) is 15.2. The molecule has 4 aromatic rings. The van der Waals surface area contributed by atoms with Gasteiger partial charge in [-0.15, -0.1) is 11.3 Å². The summed E-state index contributed by atoms with van der Waals surface area (Å²) >= 11 is 1.69. The van der Waals surface area contributed by atoms with Crippen molar-refractivity contribution < 1.29 is 9.45 Å². The molecule has 0 spiro atoms. The fourth-order valence-electron chi connectivity index (χ4n) is 2.68. The van der Waals surface area contributed by atoms with E-state index in [0.29, 0.717) is 29.7 Å². The molecule has 2 aromatic carbocycles. The van der Waals surface area contributed by atoms with Gasteiger partial charge in [-0.3, -0.25) is 10.1 Å². The molecule has 2 heterocycles. The van der Waals surface area contributed by atoms with E-state index in [0.717, 1.165) is 20.9 Å². The van der Waals surface area contributed by atoms with Crippen LogP contribution in [0.4, 0.5) is 11.4 Å². The molecule has 0 aliphatic carbocycles. The van der Waals surface area contributed by atoms with Crippen LogP contribution in [0.15, 0.2) is 47.0 Å². The van der Waals surface area contributed by atoms with E-state index >= 15 is 0 Å². The molecule has 9 heteroatoms. The quantitative estimate of drug-likeness (QED) is 0.362. The van der Waals surface area contributed by atoms with Crippen molar-refractivity contribution in [3.05, 3.63) is 63.5 Å². The second-order valence-electron chi connectivity index (χ2n) is 6.56. The molecule has 0 saturated carbocycles. The molecule has 0 amide bonds. The van der Waals surface area contributed by atoms with Crippen molar-refractivity contribution in [3.8, 4) is 11.4 Å². The van der Waals surface area contributed by atoms with Crippen LogP contribution in [0.1, 0.15) is 30.7 Å². The van der Waals surface area contributed by atoms with Gasteiger partial charge in [-0.25, -0.2) is 4.98 Å². The summed E-state index contributed by atoms with van der Waals surface area (Å²) in [5.74, 6) is 1.12. The Hall–Kier alpha value is -3.33. The van der Waals surface area contributed by atoms with E-state index < -0.39 is 4.92 Å². The van der Waals surface area contributed by atoms with Crippen molar-refractivity contribution in [2.24, 2.45) is 0 Å². The third-order valence-electron chi connectivity index (χ3n) is 4.13. The first-order chi connectivity index (χ1) is 13.5. The largest absolute Gasteiger partial charge is 0.376 e. The highest BCUT2D eigenvalue weighted by atomic mass is 32.1. The molecule has 0 unspecified atom stereocenters. The van der Waals surface area contributed by atoms with Gasteiger partial charge in [0.2, 0.25) is 11.7 Å². The molecule has 8 nitrogen and oxygen atoms in total. The number of anilines is 1. The molecule has 1 N–H and O–H groups in total. The van der Waals surface area contributed by atoms with Crippen LogP contribution in [-0.4, -0.2) is 20.0 Å². The van der Waals surface area contributed by atoms with Gasteiger partial charge in [-0.2, -0.15) is 4.98 Å². The Morgan fingerprint density at radius 2 is 2.07 bits per heavy atom. The number of nitrogens with zero attached hydrogens (tertiary/aromatic N) is 4. The predicted molar refractivity (Wildman–Crippen MR) is 107 cm³/mol. The molecule has 0 saturated heterocycles. The molecular weight excluding hydrogens is 378 g/mol. The smallest absolute Gasteiger partial charge is 0.270 e. The molecule has 4 rings (SSSR count). The first kappa shape index (κ1) is 18.1. The molecule has 142 valence electrons. The number of nitro benzene ring substituents is 1. The Bertz CT molecular complexity index is 1150. The van der Waals surface area contributed by atoms with Crippen molar-refractivity contribution in [3.63, 3.8) is 0 Å². The lowest BCUT2D eigenvalue weighted by Gasteiger charge is -2.02. The highest BCUT2D eigenvalue weighted by Crippen LogP contribution is 2.29. The van der Waals surface area contributed by atoms with Crippen LogP contribution in [0.5, 0.6) is 0 Å². The van der Waals surface area contributed by atoms with Gasteiger partial charge >= 0.3 is 0 Å². The van der Waals surface area contributed by atoms with Crippen molar-refractivity contribution in [2.75, 3.05) is 5.32 Å². The predicted octanol–water partition coefficient (Wildman–Crippen LogP) is 4.99. The van der Waals surface area contributed by atoms with E-state index in [2.05, 4.69) is 40.4 Å². The Morgan fingerprint density at radius 1 is 1.21 bits per heavy atom. The summed E-state index contributed by atoms with van der Waals surface area (Å²) in [6.07, 6.45) is 0. The summed E-state index contributed by atoms with van der Waals surface area (Å²) in [5, 5.41) is 19.2. The monoisotopic (exact) mass is 395 g/mol. The summed E-state index contributed by atoms with van der Waals surface area (Å²) in [7, 11) is 0. The normalized spacial score (nSPS) is 11.2. The van der Waals surface area contributed by atoms with Crippen LogP contribution < -0.4 is 5.32 Å². The molecule has 2 aromatic heterocycles. The van der Waals surface area contributed by atoms with Gasteiger partial charge in [0.1, 0.15) is 0 Å². The van der Waals surface area contributed by atoms with Crippen LogP contribution >= 0.6 is 11.3 Å². The summed E-state index contributed by atoms with van der Waals surface area (Å²) in [5.41, 5.74) is 2.45. The molecule has 28 heavy (non-hydrogen) atoms. The standard InChI is InChI=1S/C19H17N5O3S/c1-11(2)19-21-15-7-6-13(9-16(15)28-19)20-10-17-22-18(23-27-17)12-4-3-5-14(8-12)24(25)26/h3-9,11,20H,10H2,1-2H3. The van der Waals surface area contributed by atoms with Gasteiger partial charge in [0.05, 0.1) is 26.7 Å². The maximum Gasteiger partial charge on any atom is 0.270 e. The first-order valence-corrected chi connectivity index (χ1v) is 9.53. The van der Waals surface area contributed by atoms with E-state index in [1.165, 1.54) is 12.1 Å². The number of rotatable bonds is 6. The minimum atomic E-state index is -0.452. The maximum absolute atomic E-state index is 10.9. The SMILES string of the molecule is CC(C)c1nc2ccc(NCc3nc(-c4cccc([N+](=O)[O-])c4)no3)cc2s1. The molecule has 0 fully saturated rings.